The van der Waals surface area contributed by atoms with Gasteiger partial charge in [-0.15, -0.1) is 0 Å². The summed E-state index contributed by atoms with van der Waals surface area (Å²) in [6, 6.07) is 11.2. The summed E-state index contributed by atoms with van der Waals surface area (Å²) in [7, 11) is -1.90. The molecule has 3 N–H and O–H groups in total. The van der Waals surface area contributed by atoms with Crippen molar-refractivity contribution >= 4 is 21.6 Å². The van der Waals surface area contributed by atoms with Gasteiger partial charge < -0.3 is 19.9 Å². The van der Waals surface area contributed by atoms with E-state index in [4.69, 9.17) is 14.6 Å². The van der Waals surface area contributed by atoms with E-state index in [1.807, 2.05) is 0 Å². The molecule has 0 spiro atoms. The lowest BCUT2D eigenvalue weighted by molar-refractivity contribution is 0.0939. The van der Waals surface area contributed by atoms with Crippen molar-refractivity contribution in [1.82, 2.24) is 5.32 Å². The van der Waals surface area contributed by atoms with Crippen molar-refractivity contribution in [2.24, 2.45) is 0 Å². The van der Waals surface area contributed by atoms with Crippen molar-refractivity contribution in [3.8, 4) is 11.5 Å². The number of aliphatic hydroxyl groups excluding tert-OH is 1. The van der Waals surface area contributed by atoms with Gasteiger partial charge >= 0.3 is 0 Å². The average Bonchev–Trinajstić information content (AvgIpc) is 2.64. The van der Waals surface area contributed by atoms with Crippen molar-refractivity contribution in [1.29, 1.82) is 0 Å². The highest BCUT2D eigenvalue weighted by atomic mass is 32.2. The second-order valence-electron chi connectivity index (χ2n) is 6.13. The topological polar surface area (TPSA) is 114 Å². The van der Waals surface area contributed by atoms with Gasteiger partial charge in [0.05, 0.1) is 26.0 Å². The van der Waals surface area contributed by atoms with Gasteiger partial charge in [-0.1, -0.05) is 12.1 Å². The first kappa shape index (κ1) is 21.5. The van der Waals surface area contributed by atoms with Crippen LogP contribution in [0.2, 0.25) is 0 Å². The first-order valence-corrected chi connectivity index (χ1v) is 10.4. The summed E-state index contributed by atoms with van der Waals surface area (Å²) in [4.78, 5) is 12.6. The van der Waals surface area contributed by atoms with E-state index in [9.17, 15) is 13.2 Å². The minimum absolute atomic E-state index is 0.0813. The van der Waals surface area contributed by atoms with E-state index in [0.717, 1.165) is 11.8 Å². The molecule has 0 heterocycles. The van der Waals surface area contributed by atoms with Crippen molar-refractivity contribution in [2.45, 2.75) is 13.0 Å². The molecule has 0 radical (unpaired) electrons. The van der Waals surface area contributed by atoms with Crippen LogP contribution in [0.1, 0.15) is 28.9 Å². The molecule has 0 aromatic heterocycles. The van der Waals surface area contributed by atoms with Crippen LogP contribution in [0.25, 0.3) is 0 Å². The van der Waals surface area contributed by atoms with Gasteiger partial charge in [-0.2, -0.15) is 0 Å². The van der Waals surface area contributed by atoms with Crippen LogP contribution in [0.3, 0.4) is 0 Å². The maximum absolute atomic E-state index is 12.6. The van der Waals surface area contributed by atoms with E-state index >= 15 is 0 Å². The molecule has 0 aliphatic rings. The molecule has 0 saturated heterocycles. The molecule has 2 aromatic rings. The Morgan fingerprint density at radius 3 is 2.57 bits per heavy atom. The Morgan fingerprint density at radius 1 is 1.18 bits per heavy atom. The number of anilines is 1. The van der Waals surface area contributed by atoms with E-state index in [-0.39, 0.29) is 25.2 Å². The predicted octanol–water partition coefficient (Wildman–Crippen LogP) is 1.93. The molecule has 0 aliphatic carbocycles. The summed E-state index contributed by atoms with van der Waals surface area (Å²) in [6.45, 7) is 1.72. The van der Waals surface area contributed by atoms with Gasteiger partial charge in [-0.25, -0.2) is 8.42 Å². The lowest BCUT2D eigenvalue weighted by atomic mass is 10.1. The molecule has 1 unspecified atom stereocenters. The average molecular weight is 408 g/mol. The summed E-state index contributed by atoms with van der Waals surface area (Å²) in [6.07, 6.45) is 1.07. The summed E-state index contributed by atoms with van der Waals surface area (Å²) in [5.74, 6) is 0.485. The van der Waals surface area contributed by atoms with Crippen LogP contribution < -0.4 is 19.5 Å². The smallest absolute Gasteiger partial charge is 0.251 e. The number of amides is 1. The Labute approximate surface area is 164 Å². The van der Waals surface area contributed by atoms with E-state index in [1.165, 1.54) is 13.2 Å². The highest BCUT2D eigenvalue weighted by molar-refractivity contribution is 7.92. The zero-order chi connectivity index (χ0) is 20.7. The zero-order valence-electron chi connectivity index (χ0n) is 15.9. The Hall–Kier alpha value is -2.78. The molecule has 0 saturated carbocycles. The van der Waals surface area contributed by atoms with Crippen LogP contribution in [0.5, 0.6) is 11.5 Å². The standard InChI is InChI=1S/C19H24N2O6S/c1-13(14-5-4-6-16(11-14)21-28(3,24)25)20-19(23)15-7-8-17(26-2)18(12-15)27-10-9-22/h4-8,11-13,21-22H,9-10H2,1-3H3,(H,20,23). The lowest BCUT2D eigenvalue weighted by Crippen LogP contribution is -2.26. The molecule has 0 bridgehead atoms. The SMILES string of the molecule is COc1ccc(C(=O)NC(C)c2cccc(NS(C)(=O)=O)c2)cc1OCCO. The molecule has 28 heavy (non-hydrogen) atoms. The summed E-state index contributed by atoms with van der Waals surface area (Å²) < 4.78 is 35.8. The number of carbonyl (C=O) groups excluding carboxylic acids is 1. The molecule has 152 valence electrons. The third-order valence-electron chi connectivity index (χ3n) is 3.81. The Balaban J connectivity index is 2.15. The van der Waals surface area contributed by atoms with E-state index in [1.54, 1.807) is 43.3 Å². The molecule has 0 aliphatic heterocycles. The first-order valence-electron chi connectivity index (χ1n) is 8.54. The van der Waals surface area contributed by atoms with Gasteiger partial charge in [0.15, 0.2) is 11.5 Å². The number of methoxy groups -OCH3 is 1. The molecular weight excluding hydrogens is 384 g/mol. The van der Waals surface area contributed by atoms with Crippen molar-refractivity contribution in [2.75, 3.05) is 31.3 Å². The summed E-state index contributed by atoms with van der Waals surface area (Å²) >= 11 is 0. The van der Waals surface area contributed by atoms with E-state index in [0.29, 0.717) is 22.7 Å². The van der Waals surface area contributed by atoms with Crippen LogP contribution in [-0.4, -0.2) is 46.0 Å². The normalized spacial score (nSPS) is 12.1. The predicted molar refractivity (Wildman–Crippen MR) is 106 cm³/mol. The van der Waals surface area contributed by atoms with Gasteiger partial charge in [0, 0.05) is 11.3 Å². The first-order chi connectivity index (χ1) is 13.2. The molecule has 1 amide bonds. The third-order valence-corrected chi connectivity index (χ3v) is 4.42. The zero-order valence-corrected chi connectivity index (χ0v) is 16.7. The van der Waals surface area contributed by atoms with Gasteiger partial charge in [0.2, 0.25) is 10.0 Å². The minimum Gasteiger partial charge on any atom is -0.493 e. The molecule has 8 nitrogen and oxygen atoms in total. The number of ether oxygens (including phenoxy) is 2. The van der Waals surface area contributed by atoms with Crippen LogP contribution in [0, 0.1) is 0 Å². The van der Waals surface area contributed by atoms with Crippen LogP contribution in [-0.2, 0) is 10.0 Å². The number of hydrogen-bond acceptors (Lipinski definition) is 6. The summed E-state index contributed by atoms with van der Waals surface area (Å²) in [5, 5.41) is 11.8. The Kier molecular flexibility index (Phi) is 7.24. The van der Waals surface area contributed by atoms with Crippen molar-refractivity contribution in [3.63, 3.8) is 0 Å². The number of nitrogens with one attached hydrogen (secondary N) is 2. The summed E-state index contributed by atoms with van der Waals surface area (Å²) in [5.41, 5.74) is 1.53. The monoisotopic (exact) mass is 408 g/mol. The molecule has 2 rings (SSSR count). The molecule has 0 fully saturated rings. The van der Waals surface area contributed by atoms with Crippen molar-refractivity contribution in [3.05, 3.63) is 53.6 Å². The number of aliphatic hydroxyl groups is 1. The fourth-order valence-electron chi connectivity index (χ4n) is 2.54. The van der Waals surface area contributed by atoms with E-state index in [2.05, 4.69) is 10.0 Å². The van der Waals surface area contributed by atoms with E-state index < -0.39 is 10.0 Å². The third kappa shape index (κ3) is 6.14. The van der Waals surface area contributed by atoms with Gasteiger partial charge in [0.25, 0.3) is 5.91 Å². The minimum atomic E-state index is -3.39. The van der Waals surface area contributed by atoms with Gasteiger partial charge in [0.1, 0.15) is 6.61 Å². The number of benzene rings is 2. The number of rotatable bonds is 9. The highest BCUT2D eigenvalue weighted by Crippen LogP contribution is 2.28. The quantitative estimate of drug-likeness (QED) is 0.584. The van der Waals surface area contributed by atoms with Gasteiger partial charge in [-0.05, 0) is 42.8 Å². The second-order valence-corrected chi connectivity index (χ2v) is 7.88. The molecule has 2 aromatic carbocycles. The maximum Gasteiger partial charge on any atom is 0.251 e. The number of hydrogen-bond donors (Lipinski definition) is 3. The number of sulfonamides is 1. The molecule has 1 atom stereocenters. The largest absolute Gasteiger partial charge is 0.493 e. The van der Waals surface area contributed by atoms with Crippen molar-refractivity contribution < 1.29 is 27.8 Å². The van der Waals surface area contributed by atoms with Crippen LogP contribution >= 0.6 is 0 Å². The molecular formula is C19H24N2O6S. The highest BCUT2D eigenvalue weighted by Gasteiger charge is 2.15. The Bertz CT molecular complexity index is 930. The molecule has 9 heteroatoms. The van der Waals surface area contributed by atoms with Crippen LogP contribution in [0.15, 0.2) is 42.5 Å². The van der Waals surface area contributed by atoms with Gasteiger partial charge in [-0.3, -0.25) is 9.52 Å². The fourth-order valence-corrected chi connectivity index (χ4v) is 3.09. The Morgan fingerprint density at radius 2 is 1.93 bits per heavy atom. The second kappa shape index (κ2) is 9.43. The lowest BCUT2D eigenvalue weighted by Gasteiger charge is -2.17. The number of carbonyl (C=O) groups is 1. The maximum atomic E-state index is 12.6. The fraction of sp³-hybridized carbons (Fsp3) is 0.316. The van der Waals surface area contributed by atoms with Crippen LogP contribution in [0.4, 0.5) is 5.69 Å².